The highest BCUT2D eigenvalue weighted by atomic mass is 35.5. The Labute approximate surface area is 166 Å². The number of aliphatic hydroxyl groups excluding tert-OH is 1. The number of carbonyl (C=O) groups is 1. The summed E-state index contributed by atoms with van der Waals surface area (Å²) in [7, 11) is 0. The number of rotatable bonds is 4. The Hall–Kier alpha value is -2.28. The zero-order chi connectivity index (χ0) is 20.4. The van der Waals surface area contributed by atoms with Crippen LogP contribution in [-0.4, -0.2) is 28.1 Å². The molecule has 148 valence electrons. The second kappa shape index (κ2) is 8.39. The van der Waals surface area contributed by atoms with Crippen LogP contribution >= 0.6 is 22.9 Å². The van der Waals surface area contributed by atoms with E-state index in [9.17, 15) is 27.9 Å². The summed E-state index contributed by atoms with van der Waals surface area (Å²) in [5, 5.41) is 11.6. The van der Waals surface area contributed by atoms with E-state index in [4.69, 9.17) is 11.6 Å². The quantitative estimate of drug-likeness (QED) is 0.731. The number of hydrogen-bond acceptors (Lipinski definition) is 4. The van der Waals surface area contributed by atoms with Crippen molar-refractivity contribution < 1.29 is 23.1 Å². The molecule has 3 rings (SSSR count). The molecule has 1 amide bonds. The smallest absolute Gasteiger partial charge is 0.286 e. The molecule has 5 nitrogen and oxygen atoms in total. The fourth-order valence-corrected chi connectivity index (χ4v) is 3.68. The molecule has 0 saturated heterocycles. The van der Waals surface area contributed by atoms with Crippen molar-refractivity contribution in [3.63, 3.8) is 0 Å². The standard InChI is InChI=1S/C18H14ClF3N2O3S/c19-16-10(2-1-9-3-12(25)4-9)5-14(28-16)17(26)23-11-6-13(20)18(27)24(7-11)8-15(21)22/h5-7,9,12,15,25H,3-4,8H2,(H,23,26)/t9-,12-. The van der Waals surface area contributed by atoms with Crippen molar-refractivity contribution in [3.8, 4) is 11.8 Å². The number of carbonyl (C=O) groups excluding carboxylic acids is 1. The van der Waals surface area contributed by atoms with Crippen LogP contribution in [0.2, 0.25) is 4.34 Å². The van der Waals surface area contributed by atoms with Gasteiger partial charge >= 0.3 is 0 Å². The lowest BCUT2D eigenvalue weighted by atomic mass is 9.83. The van der Waals surface area contributed by atoms with Crippen molar-refractivity contribution >= 4 is 34.5 Å². The lowest BCUT2D eigenvalue weighted by molar-refractivity contribution is 0.0665. The molecule has 0 atom stereocenters. The van der Waals surface area contributed by atoms with Gasteiger partial charge in [-0.1, -0.05) is 23.4 Å². The minimum Gasteiger partial charge on any atom is -0.393 e. The summed E-state index contributed by atoms with van der Waals surface area (Å²) in [4.78, 5) is 24.1. The Balaban J connectivity index is 1.75. The topological polar surface area (TPSA) is 71.3 Å². The summed E-state index contributed by atoms with van der Waals surface area (Å²) in [6.07, 6.45) is -1.03. The highest BCUT2D eigenvalue weighted by Gasteiger charge is 2.25. The van der Waals surface area contributed by atoms with Crippen molar-refractivity contribution in [2.45, 2.75) is 31.9 Å². The Morgan fingerprint density at radius 1 is 1.43 bits per heavy atom. The predicted octanol–water partition coefficient (Wildman–Crippen LogP) is 3.34. The Morgan fingerprint density at radius 3 is 2.79 bits per heavy atom. The van der Waals surface area contributed by atoms with Gasteiger partial charge in [-0.2, -0.15) is 0 Å². The second-order valence-corrected chi connectivity index (χ2v) is 7.92. The lowest BCUT2D eigenvalue weighted by Gasteiger charge is -2.26. The second-order valence-electron chi connectivity index (χ2n) is 6.27. The monoisotopic (exact) mass is 430 g/mol. The molecule has 10 heteroatoms. The zero-order valence-corrected chi connectivity index (χ0v) is 15.8. The molecule has 1 fully saturated rings. The molecule has 0 aliphatic heterocycles. The Bertz CT molecular complexity index is 1020. The van der Waals surface area contributed by atoms with Gasteiger partial charge in [0, 0.05) is 18.2 Å². The molecule has 2 heterocycles. The minimum atomic E-state index is -2.85. The number of thiophene rings is 1. The number of nitrogens with one attached hydrogen (secondary N) is 1. The molecule has 1 aliphatic carbocycles. The third-order valence-electron chi connectivity index (χ3n) is 4.07. The van der Waals surface area contributed by atoms with Gasteiger partial charge in [0.15, 0.2) is 5.82 Å². The fraction of sp³-hybridized carbons (Fsp3) is 0.333. The average Bonchev–Trinajstić information content (AvgIpc) is 2.95. The fourth-order valence-electron chi connectivity index (χ4n) is 2.60. The summed E-state index contributed by atoms with van der Waals surface area (Å²) in [5.41, 5.74) is -0.883. The van der Waals surface area contributed by atoms with Crippen LogP contribution in [0.25, 0.3) is 0 Å². The molecule has 1 aliphatic rings. The average molecular weight is 431 g/mol. The zero-order valence-electron chi connectivity index (χ0n) is 14.2. The lowest BCUT2D eigenvalue weighted by Crippen LogP contribution is -2.26. The van der Waals surface area contributed by atoms with Crippen LogP contribution in [0.3, 0.4) is 0 Å². The van der Waals surface area contributed by atoms with Gasteiger partial charge in [0.2, 0.25) is 0 Å². The van der Waals surface area contributed by atoms with Crippen molar-refractivity contribution in [2.24, 2.45) is 5.92 Å². The molecule has 0 spiro atoms. The van der Waals surface area contributed by atoms with Crippen molar-refractivity contribution in [2.75, 3.05) is 5.32 Å². The van der Waals surface area contributed by atoms with Crippen LogP contribution in [0.4, 0.5) is 18.9 Å². The first-order chi connectivity index (χ1) is 13.2. The number of halogens is 4. The van der Waals surface area contributed by atoms with E-state index in [1.54, 1.807) is 0 Å². The van der Waals surface area contributed by atoms with Crippen LogP contribution in [0, 0.1) is 23.6 Å². The van der Waals surface area contributed by atoms with E-state index in [-0.39, 0.29) is 22.6 Å². The molecular formula is C18H14ClF3N2O3S. The van der Waals surface area contributed by atoms with E-state index >= 15 is 0 Å². The van der Waals surface area contributed by atoms with Crippen molar-refractivity contribution in [3.05, 3.63) is 49.3 Å². The molecule has 1 saturated carbocycles. The first kappa shape index (κ1) is 20.5. The Kier molecular flexibility index (Phi) is 6.13. The summed E-state index contributed by atoms with van der Waals surface area (Å²) in [6, 6.07) is 2.23. The van der Waals surface area contributed by atoms with E-state index < -0.39 is 30.3 Å². The van der Waals surface area contributed by atoms with Gasteiger partial charge < -0.3 is 15.0 Å². The number of hydrogen-bond donors (Lipinski definition) is 2. The van der Waals surface area contributed by atoms with Crippen LogP contribution in [0.5, 0.6) is 0 Å². The van der Waals surface area contributed by atoms with Crippen LogP contribution in [-0.2, 0) is 6.54 Å². The SMILES string of the molecule is O=C(Nc1cc(F)c(=O)n(CC(F)F)c1)c1cc(C#C[C@H]2C[C@H](O)C2)c(Cl)s1. The molecule has 2 N–H and O–H groups in total. The predicted molar refractivity (Wildman–Crippen MR) is 99.6 cm³/mol. The summed E-state index contributed by atoms with van der Waals surface area (Å²) < 4.78 is 39.5. The Morgan fingerprint density at radius 2 is 2.14 bits per heavy atom. The number of anilines is 1. The van der Waals surface area contributed by atoms with E-state index in [1.165, 1.54) is 6.07 Å². The maximum atomic E-state index is 13.7. The van der Waals surface area contributed by atoms with Gasteiger partial charge in [-0.25, -0.2) is 13.2 Å². The molecule has 0 radical (unpaired) electrons. The molecule has 2 aromatic rings. The highest BCUT2D eigenvalue weighted by Crippen LogP contribution is 2.29. The number of aliphatic hydroxyl groups is 1. The van der Waals surface area contributed by atoms with Crippen molar-refractivity contribution in [1.29, 1.82) is 0 Å². The number of aromatic nitrogens is 1. The van der Waals surface area contributed by atoms with E-state index in [2.05, 4.69) is 17.2 Å². The van der Waals surface area contributed by atoms with Crippen LogP contribution in [0.1, 0.15) is 28.1 Å². The van der Waals surface area contributed by atoms with Gasteiger partial charge in [-0.3, -0.25) is 9.59 Å². The van der Waals surface area contributed by atoms with Gasteiger partial charge in [-0.15, -0.1) is 11.3 Å². The normalized spacial score (nSPS) is 18.4. The van der Waals surface area contributed by atoms with Gasteiger partial charge in [0.1, 0.15) is 4.34 Å². The van der Waals surface area contributed by atoms with Crippen molar-refractivity contribution in [1.82, 2.24) is 4.57 Å². The summed E-state index contributed by atoms with van der Waals surface area (Å²) in [5.74, 6) is 4.03. The van der Waals surface area contributed by atoms with Gasteiger partial charge in [0.05, 0.1) is 28.8 Å². The molecule has 2 aromatic heterocycles. The first-order valence-electron chi connectivity index (χ1n) is 8.21. The molecule has 0 aromatic carbocycles. The molecular weight excluding hydrogens is 417 g/mol. The van der Waals surface area contributed by atoms with Crippen LogP contribution < -0.4 is 10.9 Å². The molecule has 0 unspecified atom stereocenters. The van der Waals surface area contributed by atoms with E-state index in [0.717, 1.165) is 23.6 Å². The van der Waals surface area contributed by atoms with Gasteiger partial charge in [0.25, 0.3) is 17.9 Å². The maximum absolute atomic E-state index is 13.7. The maximum Gasteiger partial charge on any atom is 0.286 e. The molecule has 0 bridgehead atoms. The highest BCUT2D eigenvalue weighted by molar-refractivity contribution is 7.18. The van der Waals surface area contributed by atoms with Gasteiger partial charge in [-0.05, 0) is 18.9 Å². The first-order valence-corrected chi connectivity index (χ1v) is 9.40. The number of pyridine rings is 1. The summed E-state index contributed by atoms with van der Waals surface area (Å²) >= 11 is 7.05. The van der Waals surface area contributed by atoms with E-state index in [0.29, 0.717) is 27.3 Å². The number of nitrogens with zero attached hydrogens (tertiary/aromatic N) is 1. The summed E-state index contributed by atoms with van der Waals surface area (Å²) in [6.45, 7) is -0.986. The third kappa shape index (κ3) is 4.76. The van der Waals surface area contributed by atoms with E-state index in [1.807, 2.05) is 0 Å². The number of amides is 1. The molecule has 28 heavy (non-hydrogen) atoms. The number of alkyl halides is 2. The largest absolute Gasteiger partial charge is 0.393 e. The van der Waals surface area contributed by atoms with Crippen LogP contribution in [0.15, 0.2) is 23.1 Å². The third-order valence-corrected chi connectivity index (χ3v) is 5.43. The minimum absolute atomic E-state index is 0.0853.